The lowest BCUT2D eigenvalue weighted by atomic mass is 9.82. The van der Waals surface area contributed by atoms with E-state index in [-0.39, 0.29) is 12.3 Å². The van der Waals surface area contributed by atoms with Crippen molar-refractivity contribution in [2.45, 2.75) is 53.0 Å². The topological polar surface area (TPSA) is 116 Å². The van der Waals surface area contributed by atoms with Gasteiger partial charge in [-0.3, -0.25) is 20.2 Å². The minimum absolute atomic E-state index is 0.0594. The van der Waals surface area contributed by atoms with Crippen molar-refractivity contribution in [3.63, 3.8) is 0 Å². The van der Waals surface area contributed by atoms with Crippen LogP contribution in [0.15, 0.2) is 36.4 Å². The third-order valence-corrected chi connectivity index (χ3v) is 5.95. The molecule has 1 aromatic rings. The average Bonchev–Trinajstić information content (AvgIpc) is 2.66. The zero-order chi connectivity index (χ0) is 23.8. The maximum absolute atomic E-state index is 13.2. The molecule has 0 aliphatic carbocycles. The van der Waals surface area contributed by atoms with Gasteiger partial charge in [-0.05, 0) is 45.1 Å². The number of rotatable bonds is 10. The van der Waals surface area contributed by atoms with Crippen LogP contribution in [-0.2, 0) is 19.6 Å². The lowest BCUT2D eigenvalue weighted by molar-refractivity contribution is -0.142. The van der Waals surface area contributed by atoms with Gasteiger partial charge in [-0.1, -0.05) is 56.3 Å². The van der Waals surface area contributed by atoms with E-state index < -0.39 is 39.2 Å². The van der Waals surface area contributed by atoms with E-state index in [1.807, 2.05) is 50.3 Å². The molecule has 0 fully saturated rings. The van der Waals surface area contributed by atoms with E-state index in [2.05, 4.69) is 5.43 Å². The van der Waals surface area contributed by atoms with E-state index in [0.717, 1.165) is 16.2 Å². The second-order valence-corrected chi connectivity index (χ2v) is 10.9. The quantitative estimate of drug-likeness (QED) is 0.372. The van der Waals surface area contributed by atoms with Crippen LogP contribution in [0.5, 0.6) is 0 Å². The molecule has 0 aliphatic heterocycles. The van der Waals surface area contributed by atoms with Gasteiger partial charge < -0.3 is 0 Å². The number of nitrogens with zero attached hydrogens (tertiary/aromatic N) is 1. The molecule has 0 unspecified atom stereocenters. The first-order valence-corrected chi connectivity index (χ1v) is 12.1. The monoisotopic (exact) mass is 453 g/mol. The summed E-state index contributed by atoms with van der Waals surface area (Å²) in [5.74, 6) is -2.95. The van der Waals surface area contributed by atoms with Crippen molar-refractivity contribution < 1.29 is 23.2 Å². The summed E-state index contributed by atoms with van der Waals surface area (Å²) in [6, 6.07) is 9.48. The molecule has 0 aromatic heterocycles. The minimum atomic E-state index is -3.75. The first kappa shape index (κ1) is 26.8. The first-order valence-electron chi connectivity index (χ1n) is 10.2. The number of sulfonamides is 1. The van der Waals surface area contributed by atoms with Crippen LogP contribution >= 0.6 is 0 Å². The molecule has 0 radical (unpaired) electrons. The summed E-state index contributed by atoms with van der Waals surface area (Å²) in [5, 5.41) is 9.27. The smallest absolute Gasteiger partial charge is 0.247 e. The number of hydrogen-bond donors (Lipinski definition) is 3. The standard InChI is InChI=1S/C22H35N3O5S/c1-16(2)15-19(20(26)23-25(22(3,4)5)31(6,29)30)18(21(27)24-28)14-10-13-17-11-8-7-9-12-17/h7-13,16,18-19,28H,14-15H2,1-6H3,(H,23,26)(H,24,27)/t18-,19-/m0/s1. The Hall–Kier alpha value is -2.23. The van der Waals surface area contributed by atoms with Crippen molar-refractivity contribution in [1.82, 2.24) is 15.3 Å². The van der Waals surface area contributed by atoms with Gasteiger partial charge in [0.2, 0.25) is 21.8 Å². The predicted molar refractivity (Wildman–Crippen MR) is 121 cm³/mol. The molecule has 0 heterocycles. The van der Waals surface area contributed by atoms with Crippen LogP contribution in [0.1, 0.15) is 53.0 Å². The molecule has 1 aromatic carbocycles. The number of hydrazine groups is 1. The molecule has 0 bridgehead atoms. The first-order chi connectivity index (χ1) is 14.3. The van der Waals surface area contributed by atoms with Crippen LogP contribution in [0.3, 0.4) is 0 Å². The zero-order valence-corrected chi connectivity index (χ0v) is 19.9. The molecule has 2 atom stereocenters. The van der Waals surface area contributed by atoms with Gasteiger partial charge in [-0.2, -0.15) is 0 Å². The fourth-order valence-electron chi connectivity index (χ4n) is 3.34. The number of hydrogen-bond acceptors (Lipinski definition) is 5. The Morgan fingerprint density at radius 2 is 1.68 bits per heavy atom. The van der Waals surface area contributed by atoms with E-state index in [1.54, 1.807) is 32.3 Å². The van der Waals surface area contributed by atoms with Gasteiger partial charge in [0.1, 0.15) is 0 Å². The number of carbonyl (C=O) groups is 2. The second kappa shape index (κ2) is 11.4. The van der Waals surface area contributed by atoms with Gasteiger partial charge in [0.15, 0.2) is 0 Å². The molecule has 0 saturated heterocycles. The third-order valence-electron chi connectivity index (χ3n) is 4.65. The molecule has 0 saturated carbocycles. The Morgan fingerprint density at radius 3 is 2.13 bits per heavy atom. The molecular weight excluding hydrogens is 418 g/mol. The van der Waals surface area contributed by atoms with Crippen molar-refractivity contribution >= 4 is 27.9 Å². The van der Waals surface area contributed by atoms with E-state index in [1.165, 1.54) is 0 Å². The predicted octanol–water partition coefficient (Wildman–Crippen LogP) is 2.97. The Kier molecular flexibility index (Phi) is 9.86. The fourth-order valence-corrected chi connectivity index (χ4v) is 4.60. The van der Waals surface area contributed by atoms with Crippen LogP contribution < -0.4 is 10.9 Å². The zero-order valence-electron chi connectivity index (χ0n) is 19.1. The number of hydroxylamine groups is 1. The molecule has 0 aliphatic rings. The normalized spacial score (nSPS) is 14.6. The molecular formula is C22H35N3O5S. The van der Waals surface area contributed by atoms with Crippen molar-refractivity contribution in [3.8, 4) is 0 Å². The minimum Gasteiger partial charge on any atom is -0.289 e. The lowest BCUT2D eigenvalue weighted by Crippen LogP contribution is -2.57. The summed E-state index contributed by atoms with van der Waals surface area (Å²) in [6.45, 7) is 8.79. The Balaban J connectivity index is 3.21. The summed E-state index contributed by atoms with van der Waals surface area (Å²) >= 11 is 0. The van der Waals surface area contributed by atoms with Crippen molar-refractivity contribution in [2.75, 3.05) is 6.26 Å². The molecule has 9 heteroatoms. The number of carbonyl (C=O) groups excluding carboxylic acids is 2. The summed E-state index contributed by atoms with van der Waals surface area (Å²) in [7, 11) is -3.75. The summed E-state index contributed by atoms with van der Waals surface area (Å²) in [4.78, 5) is 25.6. The fraction of sp³-hybridized carbons (Fsp3) is 0.545. The largest absolute Gasteiger partial charge is 0.289 e. The summed E-state index contributed by atoms with van der Waals surface area (Å²) in [6.07, 6.45) is 5.15. The van der Waals surface area contributed by atoms with Crippen LogP contribution in [0.4, 0.5) is 0 Å². The van der Waals surface area contributed by atoms with E-state index in [0.29, 0.717) is 6.42 Å². The highest BCUT2D eigenvalue weighted by Crippen LogP contribution is 2.26. The molecule has 3 N–H and O–H groups in total. The highest BCUT2D eigenvalue weighted by molar-refractivity contribution is 7.88. The van der Waals surface area contributed by atoms with E-state index in [9.17, 15) is 23.2 Å². The molecule has 0 spiro atoms. The van der Waals surface area contributed by atoms with Gasteiger partial charge >= 0.3 is 0 Å². The summed E-state index contributed by atoms with van der Waals surface area (Å²) in [5.41, 5.74) is 4.18. The SMILES string of the molecule is CC(C)C[C@H](C(=O)NN(C(C)(C)C)S(C)(=O)=O)[C@H](CC=Cc1ccccc1)C(=O)NO. The Morgan fingerprint density at radius 1 is 1.10 bits per heavy atom. The lowest BCUT2D eigenvalue weighted by Gasteiger charge is -2.35. The maximum atomic E-state index is 13.2. The number of nitrogens with one attached hydrogen (secondary N) is 2. The van der Waals surface area contributed by atoms with Crippen LogP contribution in [0.2, 0.25) is 0 Å². The molecule has 31 heavy (non-hydrogen) atoms. The van der Waals surface area contributed by atoms with Gasteiger partial charge in [0.05, 0.1) is 18.1 Å². The number of allylic oxidation sites excluding steroid dienone is 1. The van der Waals surface area contributed by atoms with Crippen LogP contribution in [0, 0.1) is 17.8 Å². The van der Waals surface area contributed by atoms with Gasteiger partial charge in [0.25, 0.3) is 0 Å². The maximum Gasteiger partial charge on any atom is 0.247 e. The summed E-state index contributed by atoms with van der Waals surface area (Å²) < 4.78 is 25.4. The molecule has 8 nitrogen and oxygen atoms in total. The van der Waals surface area contributed by atoms with Gasteiger partial charge in [-0.15, -0.1) is 4.41 Å². The van der Waals surface area contributed by atoms with Crippen molar-refractivity contribution in [3.05, 3.63) is 42.0 Å². The highest BCUT2D eigenvalue weighted by Gasteiger charge is 2.38. The average molecular weight is 454 g/mol. The van der Waals surface area contributed by atoms with Crippen LogP contribution in [-0.4, -0.2) is 41.6 Å². The Bertz CT molecular complexity index is 861. The highest BCUT2D eigenvalue weighted by atomic mass is 32.2. The van der Waals surface area contributed by atoms with Crippen molar-refractivity contribution in [2.24, 2.45) is 17.8 Å². The molecule has 174 valence electrons. The Labute approximate surface area is 185 Å². The number of benzene rings is 1. The van der Waals surface area contributed by atoms with E-state index >= 15 is 0 Å². The van der Waals surface area contributed by atoms with Crippen LogP contribution in [0.25, 0.3) is 6.08 Å². The van der Waals surface area contributed by atoms with E-state index in [4.69, 9.17) is 0 Å². The second-order valence-electron chi connectivity index (χ2n) is 9.04. The van der Waals surface area contributed by atoms with Gasteiger partial charge in [-0.25, -0.2) is 13.9 Å². The molecule has 1 rings (SSSR count). The third kappa shape index (κ3) is 8.80. The molecule has 2 amide bonds. The number of amides is 2. The van der Waals surface area contributed by atoms with Crippen molar-refractivity contribution in [1.29, 1.82) is 0 Å². The van der Waals surface area contributed by atoms with Gasteiger partial charge in [0, 0.05) is 5.54 Å².